The fourth-order valence-corrected chi connectivity index (χ4v) is 2.26. The van der Waals surface area contributed by atoms with Crippen LogP contribution in [0.3, 0.4) is 0 Å². The van der Waals surface area contributed by atoms with Gasteiger partial charge in [-0.3, -0.25) is 5.32 Å². The van der Waals surface area contributed by atoms with E-state index in [1.165, 1.54) is 18.2 Å². The summed E-state index contributed by atoms with van der Waals surface area (Å²) < 4.78 is 11.9. The molecule has 7 nitrogen and oxygen atoms in total. The van der Waals surface area contributed by atoms with Crippen LogP contribution in [-0.2, 0) is 11.3 Å². The standard InChI is InChI=1S/C17H18N4O3/c1-11-4-5-12(2)13(8-11)10-24-16-7-6-15-18-14(9-21(15)20-16)19-17(22)23-3/h4-9H,10H2,1-3H3,(H,19,22). The predicted octanol–water partition coefficient (Wildman–Crippen LogP) is 3.10. The summed E-state index contributed by atoms with van der Waals surface area (Å²) in [5.41, 5.74) is 4.08. The SMILES string of the molecule is COC(=O)Nc1cn2nc(OCc3cc(C)ccc3C)ccc2n1. The van der Waals surface area contributed by atoms with Crippen LogP contribution in [0.1, 0.15) is 16.7 Å². The number of nitrogens with zero attached hydrogens (tertiary/aromatic N) is 3. The lowest BCUT2D eigenvalue weighted by Crippen LogP contribution is -2.10. The minimum atomic E-state index is -0.579. The van der Waals surface area contributed by atoms with Gasteiger partial charge in [0.25, 0.3) is 0 Å². The summed E-state index contributed by atoms with van der Waals surface area (Å²) in [6, 6.07) is 9.77. The number of amides is 1. The number of aryl methyl sites for hydroxylation is 2. The summed E-state index contributed by atoms with van der Waals surface area (Å²) in [4.78, 5) is 15.4. The predicted molar refractivity (Wildman–Crippen MR) is 89.3 cm³/mol. The number of fused-ring (bicyclic) bond motifs is 1. The highest BCUT2D eigenvalue weighted by molar-refractivity contribution is 5.83. The van der Waals surface area contributed by atoms with Crippen LogP contribution in [0.5, 0.6) is 5.88 Å². The number of carbonyl (C=O) groups excluding carboxylic acids is 1. The van der Waals surface area contributed by atoms with Gasteiger partial charge >= 0.3 is 6.09 Å². The van der Waals surface area contributed by atoms with E-state index in [9.17, 15) is 4.79 Å². The van der Waals surface area contributed by atoms with Gasteiger partial charge in [-0.15, -0.1) is 5.10 Å². The van der Waals surface area contributed by atoms with Gasteiger partial charge in [0.15, 0.2) is 11.5 Å². The van der Waals surface area contributed by atoms with Crippen LogP contribution in [0.4, 0.5) is 10.6 Å². The quantitative estimate of drug-likeness (QED) is 0.797. The van der Waals surface area contributed by atoms with Crippen molar-refractivity contribution in [2.75, 3.05) is 12.4 Å². The molecule has 1 N–H and O–H groups in total. The molecule has 2 heterocycles. The average molecular weight is 326 g/mol. The lowest BCUT2D eigenvalue weighted by Gasteiger charge is -2.09. The summed E-state index contributed by atoms with van der Waals surface area (Å²) in [6.45, 7) is 4.54. The molecule has 3 aromatic rings. The molecule has 0 unspecified atom stereocenters. The third kappa shape index (κ3) is 3.45. The summed E-state index contributed by atoms with van der Waals surface area (Å²) in [6.07, 6.45) is 1.02. The van der Waals surface area contributed by atoms with Crippen LogP contribution in [0.2, 0.25) is 0 Å². The highest BCUT2D eigenvalue weighted by atomic mass is 16.5. The number of benzene rings is 1. The molecule has 0 saturated carbocycles. The highest BCUT2D eigenvalue weighted by Gasteiger charge is 2.08. The zero-order valence-electron chi connectivity index (χ0n) is 13.7. The van der Waals surface area contributed by atoms with Gasteiger partial charge in [-0.25, -0.2) is 14.3 Å². The fourth-order valence-electron chi connectivity index (χ4n) is 2.26. The molecule has 0 bridgehead atoms. The normalized spacial score (nSPS) is 10.6. The third-order valence-corrected chi connectivity index (χ3v) is 3.59. The van der Waals surface area contributed by atoms with Gasteiger partial charge < -0.3 is 9.47 Å². The Morgan fingerprint density at radius 1 is 1.25 bits per heavy atom. The molecule has 2 aromatic heterocycles. The van der Waals surface area contributed by atoms with Crippen LogP contribution in [0.15, 0.2) is 36.5 Å². The van der Waals surface area contributed by atoms with E-state index < -0.39 is 6.09 Å². The van der Waals surface area contributed by atoms with Crippen molar-refractivity contribution in [1.29, 1.82) is 0 Å². The van der Waals surface area contributed by atoms with Crippen LogP contribution in [0, 0.1) is 13.8 Å². The van der Waals surface area contributed by atoms with Crippen molar-refractivity contribution >= 4 is 17.6 Å². The second-order valence-corrected chi connectivity index (χ2v) is 5.44. The summed E-state index contributed by atoms with van der Waals surface area (Å²) >= 11 is 0. The van der Waals surface area contributed by atoms with Crippen molar-refractivity contribution in [2.24, 2.45) is 0 Å². The number of nitrogens with one attached hydrogen (secondary N) is 1. The first-order valence-corrected chi connectivity index (χ1v) is 7.45. The molecule has 0 radical (unpaired) electrons. The molecule has 7 heteroatoms. The Balaban J connectivity index is 1.75. The number of ether oxygens (including phenoxy) is 2. The van der Waals surface area contributed by atoms with Gasteiger partial charge in [0, 0.05) is 6.07 Å². The topological polar surface area (TPSA) is 77.8 Å². The average Bonchev–Trinajstić information content (AvgIpc) is 2.96. The number of aromatic nitrogens is 3. The summed E-state index contributed by atoms with van der Waals surface area (Å²) in [5, 5.41) is 6.83. The Labute approximate surface area is 139 Å². The summed E-state index contributed by atoms with van der Waals surface area (Å²) in [7, 11) is 1.29. The molecule has 24 heavy (non-hydrogen) atoms. The second-order valence-electron chi connectivity index (χ2n) is 5.44. The third-order valence-electron chi connectivity index (χ3n) is 3.59. The smallest absolute Gasteiger partial charge is 0.412 e. The number of imidazole rings is 1. The number of hydrogen-bond donors (Lipinski definition) is 1. The van der Waals surface area contributed by atoms with Crippen molar-refractivity contribution in [3.05, 3.63) is 53.2 Å². The first-order valence-electron chi connectivity index (χ1n) is 7.45. The molecule has 124 valence electrons. The summed E-state index contributed by atoms with van der Waals surface area (Å²) in [5.74, 6) is 0.839. The Bertz CT molecular complexity index is 889. The molecular formula is C17H18N4O3. The van der Waals surface area contributed by atoms with Gasteiger partial charge in [0.1, 0.15) is 6.61 Å². The van der Waals surface area contributed by atoms with Gasteiger partial charge in [0.05, 0.1) is 13.3 Å². The molecule has 0 saturated heterocycles. The molecule has 1 aromatic carbocycles. The minimum Gasteiger partial charge on any atom is -0.472 e. The Kier molecular flexibility index (Phi) is 4.33. The van der Waals surface area contributed by atoms with E-state index in [1.54, 1.807) is 22.8 Å². The van der Waals surface area contributed by atoms with Crippen LogP contribution >= 0.6 is 0 Å². The van der Waals surface area contributed by atoms with Crippen LogP contribution in [-0.4, -0.2) is 27.8 Å². The second kappa shape index (κ2) is 6.57. The van der Waals surface area contributed by atoms with Crippen molar-refractivity contribution < 1.29 is 14.3 Å². The van der Waals surface area contributed by atoms with E-state index >= 15 is 0 Å². The molecule has 0 fully saturated rings. The first kappa shape index (κ1) is 15.8. The lowest BCUT2D eigenvalue weighted by atomic mass is 10.1. The van der Waals surface area contributed by atoms with E-state index in [0.29, 0.717) is 24.0 Å². The van der Waals surface area contributed by atoms with E-state index in [0.717, 1.165) is 5.56 Å². The number of anilines is 1. The maximum Gasteiger partial charge on any atom is 0.412 e. The van der Waals surface area contributed by atoms with Crippen LogP contribution in [0.25, 0.3) is 5.65 Å². The van der Waals surface area contributed by atoms with E-state index in [4.69, 9.17) is 4.74 Å². The maximum atomic E-state index is 11.2. The lowest BCUT2D eigenvalue weighted by molar-refractivity contribution is 0.187. The number of methoxy groups -OCH3 is 1. The van der Waals surface area contributed by atoms with E-state index in [-0.39, 0.29) is 0 Å². The molecule has 1 amide bonds. The molecular weight excluding hydrogens is 308 g/mol. The van der Waals surface area contributed by atoms with Crippen molar-refractivity contribution in [1.82, 2.24) is 14.6 Å². The van der Waals surface area contributed by atoms with Crippen molar-refractivity contribution in [3.8, 4) is 5.88 Å². The Morgan fingerprint density at radius 3 is 2.88 bits per heavy atom. The molecule has 0 aliphatic rings. The largest absolute Gasteiger partial charge is 0.472 e. The first-order chi connectivity index (χ1) is 11.5. The van der Waals surface area contributed by atoms with Crippen LogP contribution < -0.4 is 10.1 Å². The maximum absolute atomic E-state index is 11.2. The number of carbonyl (C=O) groups is 1. The monoisotopic (exact) mass is 326 g/mol. The Morgan fingerprint density at radius 2 is 2.08 bits per heavy atom. The van der Waals surface area contributed by atoms with Crippen molar-refractivity contribution in [3.63, 3.8) is 0 Å². The van der Waals surface area contributed by atoms with Gasteiger partial charge in [-0.05, 0) is 31.0 Å². The molecule has 0 aliphatic carbocycles. The Hall–Kier alpha value is -3.09. The molecule has 0 spiro atoms. The molecule has 0 atom stereocenters. The fraction of sp³-hybridized carbons (Fsp3) is 0.235. The van der Waals surface area contributed by atoms with Gasteiger partial charge in [-0.2, -0.15) is 0 Å². The molecule has 0 aliphatic heterocycles. The zero-order valence-corrected chi connectivity index (χ0v) is 13.7. The van der Waals surface area contributed by atoms with E-state index in [2.05, 4.69) is 52.2 Å². The van der Waals surface area contributed by atoms with Crippen molar-refractivity contribution in [2.45, 2.75) is 20.5 Å². The number of rotatable bonds is 4. The molecule has 3 rings (SSSR count). The number of hydrogen-bond acceptors (Lipinski definition) is 5. The van der Waals surface area contributed by atoms with Gasteiger partial charge in [0.2, 0.25) is 5.88 Å². The zero-order chi connectivity index (χ0) is 17.1. The minimum absolute atomic E-state index is 0.362. The van der Waals surface area contributed by atoms with Gasteiger partial charge in [-0.1, -0.05) is 23.8 Å². The van der Waals surface area contributed by atoms with E-state index in [1.807, 2.05) is 0 Å². The highest BCUT2D eigenvalue weighted by Crippen LogP contribution is 2.16.